The van der Waals surface area contributed by atoms with Gasteiger partial charge in [0.2, 0.25) is 0 Å². The third-order valence-corrected chi connectivity index (χ3v) is 3.36. The Bertz CT molecular complexity index is 331. The Labute approximate surface area is 125 Å². The normalized spacial score (nSPS) is 37.3. The van der Waals surface area contributed by atoms with E-state index in [4.69, 9.17) is 9.47 Å². The predicted molar refractivity (Wildman–Crippen MR) is 71.5 cm³/mol. The minimum absolute atomic E-state index is 0.314. The second-order valence-electron chi connectivity index (χ2n) is 4.19. The molecule has 0 bridgehead atoms. The lowest BCUT2D eigenvalue weighted by atomic mass is 9.84. The molecule has 1 rings (SSSR count). The number of aliphatic hydroxyl groups is 4. The first-order valence-corrected chi connectivity index (χ1v) is 6.93. The second-order valence-corrected chi connectivity index (χ2v) is 4.82. The molecule has 0 spiro atoms. The molecule has 0 saturated heterocycles. The fourth-order valence-corrected chi connectivity index (χ4v) is 1.98. The van der Waals surface area contributed by atoms with E-state index in [0.717, 1.165) is 0 Å². The maximum absolute atomic E-state index is 11.2. The van der Waals surface area contributed by atoms with Crippen LogP contribution >= 0.6 is 25.3 Å². The van der Waals surface area contributed by atoms with Gasteiger partial charge in [0.25, 0.3) is 0 Å². The monoisotopic (exact) mass is 328 g/mol. The van der Waals surface area contributed by atoms with Crippen molar-refractivity contribution in [2.45, 2.75) is 36.6 Å². The number of hydrogen-bond acceptors (Lipinski definition) is 10. The van der Waals surface area contributed by atoms with Crippen molar-refractivity contribution in [3.05, 3.63) is 0 Å². The zero-order chi connectivity index (χ0) is 15.4. The standard InChI is InChI=1S/C10H16O8S2/c11-3(1-19)17-9-7(15)5(13)6(14)8(16)10(9)18-4(12)2-20/h5-10,13-16,19-20H,1-2H2/t5-,6-,7-,8+,9-,10-/m0/s1. The van der Waals surface area contributed by atoms with E-state index in [9.17, 15) is 30.0 Å². The number of rotatable bonds is 4. The van der Waals surface area contributed by atoms with E-state index in [2.05, 4.69) is 25.3 Å². The van der Waals surface area contributed by atoms with Crippen LogP contribution in [0.3, 0.4) is 0 Å². The quantitative estimate of drug-likeness (QED) is 0.240. The second kappa shape index (κ2) is 7.48. The Morgan fingerprint density at radius 2 is 1.05 bits per heavy atom. The van der Waals surface area contributed by atoms with Gasteiger partial charge in [0.15, 0.2) is 12.2 Å². The molecule has 10 heteroatoms. The van der Waals surface area contributed by atoms with Crippen molar-refractivity contribution in [3.63, 3.8) is 0 Å². The molecule has 1 fully saturated rings. The fraction of sp³-hybridized carbons (Fsp3) is 0.800. The average molecular weight is 328 g/mol. The highest BCUT2D eigenvalue weighted by atomic mass is 32.1. The van der Waals surface area contributed by atoms with Crippen molar-refractivity contribution in [2.75, 3.05) is 11.5 Å². The van der Waals surface area contributed by atoms with Crippen LogP contribution in [0.4, 0.5) is 0 Å². The van der Waals surface area contributed by atoms with Gasteiger partial charge in [0.1, 0.15) is 24.4 Å². The third-order valence-electron chi connectivity index (χ3n) is 2.84. The number of ether oxygens (including phenoxy) is 2. The first-order chi connectivity index (χ1) is 9.33. The minimum atomic E-state index is -1.76. The van der Waals surface area contributed by atoms with Gasteiger partial charge in [-0.3, -0.25) is 9.59 Å². The Hall–Kier alpha value is -0.520. The van der Waals surface area contributed by atoms with Crippen LogP contribution in [-0.2, 0) is 19.1 Å². The summed E-state index contributed by atoms with van der Waals surface area (Å²) in [5.74, 6) is -2.32. The Morgan fingerprint density at radius 3 is 1.30 bits per heavy atom. The molecule has 116 valence electrons. The van der Waals surface area contributed by atoms with Crippen LogP contribution in [0, 0.1) is 0 Å². The van der Waals surface area contributed by atoms with Crippen LogP contribution in [0.5, 0.6) is 0 Å². The van der Waals surface area contributed by atoms with Gasteiger partial charge in [-0.2, -0.15) is 25.3 Å². The Morgan fingerprint density at radius 1 is 0.750 bits per heavy atom. The number of hydrogen-bond donors (Lipinski definition) is 6. The van der Waals surface area contributed by atoms with Crippen molar-refractivity contribution in [1.82, 2.24) is 0 Å². The molecule has 1 aliphatic carbocycles. The molecular formula is C10H16O8S2. The third kappa shape index (κ3) is 3.77. The SMILES string of the molecule is O=C(CS)O[C@H]1[C@H](O)[C@@H](O)[C@H](O)[C@H](O)[C@@H]1OC(=O)CS. The van der Waals surface area contributed by atoms with Gasteiger partial charge in [0.05, 0.1) is 11.5 Å². The van der Waals surface area contributed by atoms with E-state index in [0.29, 0.717) is 0 Å². The summed E-state index contributed by atoms with van der Waals surface area (Å²) in [6, 6.07) is 0. The zero-order valence-corrected chi connectivity index (χ0v) is 12.0. The number of carbonyl (C=O) groups is 2. The highest BCUT2D eigenvalue weighted by Gasteiger charge is 2.52. The molecule has 0 aromatic heterocycles. The summed E-state index contributed by atoms with van der Waals surface area (Å²) in [5, 5.41) is 38.7. The first kappa shape index (κ1) is 17.5. The molecule has 0 amide bonds. The molecule has 1 saturated carbocycles. The summed E-state index contributed by atoms with van der Waals surface area (Å²) in [4.78, 5) is 22.5. The van der Waals surface area contributed by atoms with Crippen molar-refractivity contribution in [1.29, 1.82) is 0 Å². The molecule has 0 unspecified atom stereocenters. The predicted octanol–water partition coefficient (Wildman–Crippen LogP) is -2.87. The van der Waals surface area contributed by atoms with E-state index in [1.54, 1.807) is 0 Å². The maximum atomic E-state index is 11.2. The lowest BCUT2D eigenvalue weighted by Gasteiger charge is -2.42. The molecule has 6 atom stereocenters. The van der Waals surface area contributed by atoms with Crippen molar-refractivity contribution in [3.8, 4) is 0 Å². The highest BCUT2D eigenvalue weighted by Crippen LogP contribution is 2.26. The lowest BCUT2D eigenvalue weighted by Crippen LogP contribution is -2.65. The van der Waals surface area contributed by atoms with Crippen molar-refractivity contribution >= 4 is 37.2 Å². The van der Waals surface area contributed by atoms with Gasteiger partial charge in [-0.1, -0.05) is 0 Å². The van der Waals surface area contributed by atoms with E-state index in [1.807, 2.05) is 0 Å². The number of aliphatic hydroxyl groups excluding tert-OH is 4. The molecule has 0 aliphatic heterocycles. The number of carbonyl (C=O) groups excluding carboxylic acids is 2. The first-order valence-electron chi connectivity index (χ1n) is 5.66. The van der Waals surface area contributed by atoms with Gasteiger partial charge >= 0.3 is 11.9 Å². The summed E-state index contributed by atoms with van der Waals surface area (Å²) in [5.41, 5.74) is 0. The van der Waals surface area contributed by atoms with Gasteiger partial charge in [-0.05, 0) is 0 Å². The fourth-order valence-electron chi connectivity index (χ4n) is 1.83. The van der Waals surface area contributed by atoms with Crippen LogP contribution in [0.25, 0.3) is 0 Å². The number of esters is 2. The highest BCUT2D eigenvalue weighted by molar-refractivity contribution is 7.81. The molecule has 0 aromatic carbocycles. The van der Waals surface area contributed by atoms with E-state index in [-0.39, 0.29) is 11.5 Å². The maximum Gasteiger partial charge on any atom is 0.316 e. The van der Waals surface area contributed by atoms with Crippen molar-refractivity contribution < 1.29 is 39.5 Å². The van der Waals surface area contributed by atoms with Gasteiger partial charge in [0, 0.05) is 0 Å². The topological polar surface area (TPSA) is 134 Å². The minimum Gasteiger partial charge on any atom is -0.455 e. The van der Waals surface area contributed by atoms with Crippen LogP contribution in [0.15, 0.2) is 0 Å². The molecule has 20 heavy (non-hydrogen) atoms. The van der Waals surface area contributed by atoms with E-state index < -0.39 is 48.6 Å². The Kier molecular flexibility index (Phi) is 6.55. The Balaban J connectivity index is 2.96. The summed E-state index contributed by atoms with van der Waals surface area (Å²) in [6.07, 6.45) is -10.0. The van der Waals surface area contributed by atoms with Crippen LogP contribution < -0.4 is 0 Å². The molecule has 1 aliphatic rings. The largest absolute Gasteiger partial charge is 0.455 e. The van der Waals surface area contributed by atoms with Crippen LogP contribution in [-0.4, -0.2) is 80.5 Å². The summed E-state index contributed by atoms with van der Waals surface area (Å²) >= 11 is 7.35. The van der Waals surface area contributed by atoms with Gasteiger partial charge in [-0.15, -0.1) is 0 Å². The zero-order valence-electron chi connectivity index (χ0n) is 10.2. The van der Waals surface area contributed by atoms with Crippen molar-refractivity contribution in [2.24, 2.45) is 0 Å². The van der Waals surface area contributed by atoms with Gasteiger partial charge < -0.3 is 29.9 Å². The summed E-state index contributed by atoms with van der Waals surface area (Å²) < 4.78 is 9.60. The molecule has 8 nitrogen and oxygen atoms in total. The molecule has 0 radical (unpaired) electrons. The average Bonchev–Trinajstić information content (AvgIpc) is 2.45. The summed E-state index contributed by atoms with van der Waals surface area (Å²) in [6.45, 7) is 0. The molecule has 4 N–H and O–H groups in total. The number of thiol groups is 2. The molecule has 0 heterocycles. The van der Waals surface area contributed by atoms with Crippen LogP contribution in [0.1, 0.15) is 0 Å². The van der Waals surface area contributed by atoms with E-state index in [1.165, 1.54) is 0 Å². The smallest absolute Gasteiger partial charge is 0.316 e. The van der Waals surface area contributed by atoms with Gasteiger partial charge in [-0.25, -0.2) is 0 Å². The van der Waals surface area contributed by atoms with Crippen LogP contribution in [0.2, 0.25) is 0 Å². The molecular weight excluding hydrogens is 312 g/mol. The summed E-state index contributed by atoms with van der Waals surface area (Å²) in [7, 11) is 0. The molecule has 0 aromatic rings. The van der Waals surface area contributed by atoms with E-state index >= 15 is 0 Å². The lowest BCUT2D eigenvalue weighted by molar-refractivity contribution is -0.240.